The summed E-state index contributed by atoms with van der Waals surface area (Å²) in [7, 11) is 0. The summed E-state index contributed by atoms with van der Waals surface area (Å²) < 4.78 is 0. The maximum atomic E-state index is 9.77. The molecule has 1 saturated heterocycles. The van der Waals surface area contributed by atoms with Crippen molar-refractivity contribution in [2.75, 3.05) is 25.5 Å². The van der Waals surface area contributed by atoms with Gasteiger partial charge in [-0.2, -0.15) is 0 Å². The highest BCUT2D eigenvalue weighted by Gasteiger charge is 2.30. The lowest BCUT2D eigenvalue weighted by molar-refractivity contribution is 0.0681. The van der Waals surface area contributed by atoms with Crippen molar-refractivity contribution in [3.05, 3.63) is 0 Å². The molecular formula is C11H22ClNO. The van der Waals surface area contributed by atoms with Crippen LogP contribution in [0.3, 0.4) is 0 Å². The van der Waals surface area contributed by atoms with Crippen LogP contribution in [0.25, 0.3) is 0 Å². The van der Waals surface area contributed by atoms with Gasteiger partial charge in [0.2, 0.25) is 0 Å². The van der Waals surface area contributed by atoms with Gasteiger partial charge in [-0.05, 0) is 38.6 Å². The highest BCUT2D eigenvalue weighted by Crippen LogP contribution is 2.21. The number of hydrogen-bond donors (Lipinski definition) is 1. The van der Waals surface area contributed by atoms with Crippen molar-refractivity contribution in [3.63, 3.8) is 0 Å². The van der Waals surface area contributed by atoms with E-state index in [0.717, 1.165) is 38.4 Å². The van der Waals surface area contributed by atoms with Crippen LogP contribution in [-0.2, 0) is 0 Å². The molecule has 0 spiro atoms. The van der Waals surface area contributed by atoms with E-state index in [9.17, 15) is 5.11 Å². The van der Waals surface area contributed by atoms with Crippen LogP contribution in [0.1, 0.15) is 33.1 Å². The Bertz CT molecular complexity index is 173. The smallest absolute Gasteiger partial charge is 0.0758 e. The zero-order valence-corrected chi connectivity index (χ0v) is 10.1. The fraction of sp³-hybridized carbons (Fsp3) is 1.00. The Morgan fingerprint density at radius 3 is 2.71 bits per heavy atom. The Morgan fingerprint density at radius 1 is 1.50 bits per heavy atom. The molecule has 0 saturated carbocycles. The minimum absolute atomic E-state index is 0.449. The first kappa shape index (κ1) is 12.3. The molecule has 1 rings (SSSR count). The molecule has 0 amide bonds. The Labute approximate surface area is 92.2 Å². The second kappa shape index (κ2) is 5.34. The summed E-state index contributed by atoms with van der Waals surface area (Å²) >= 11 is 5.68. The van der Waals surface area contributed by atoms with Crippen molar-refractivity contribution >= 4 is 11.6 Å². The second-order valence-electron chi connectivity index (χ2n) is 4.89. The maximum Gasteiger partial charge on any atom is 0.0758 e. The largest absolute Gasteiger partial charge is 0.389 e. The fourth-order valence-electron chi connectivity index (χ4n) is 1.96. The molecule has 0 radical (unpaired) electrons. The summed E-state index contributed by atoms with van der Waals surface area (Å²) in [6.07, 6.45) is 3.21. The highest BCUT2D eigenvalue weighted by molar-refractivity contribution is 6.17. The molecule has 1 fully saturated rings. The summed E-state index contributed by atoms with van der Waals surface area (Å²) in [5.41, 5.74) is -0.449. The number of halogens is 1. The van der Waals surface area contributed by atoms with Crippen molar-refractivity contribution in [2.45, 2.75) is 38.7 Å². The van der Waals surface area contributed by atoms with Crippen LogP contribution in [0.4, 0.5) is 0 Å². The van der Waals surface area contributed by atoms with E-state index in [1.165, 1.54) is 6.42 Å². The first-order valence-electron chi connectivity index (χ1n) is 5.54. The zero-order valence-electron chi connectivity index (χ0n) is 9.30. The van der Waals surface area contributed by atoms with Gasteiger partial charge in [0.1, 0.15) is 0 Å². The molecule has 84 valence electrons. The second-order valence-corrected chi connectivity index (χ2v) is 5.27. The van der Waals surface area contributed by atoms with E-state index in [4.69, 9.17) is 11.6 Å². The Balaban J connectivity index is 2.14. The van der Waals surface area contributed by atoms with E-state index in [-0.39, 0.29) is 0 Å². The zero-order chi connectivity index (χ0) is 10.6. The number of aliphatic hydroxyl groups is 1. The SMILES string of the molecule is CC(CCCl)CCN1CCC(C)(O)C1. The summed E-state index contributed by atoms with van der Waals surface area (Å²) in [5, 5.41) is 9.77. The van der Waals surface area contributed by atoms with Crippen molar-refractivity contribution in [1.82, 2.24) is 4.90 Å². The minimum Gasteiger partial charge on any atom is -0.389 e. The quantitative estimate of drug-likeness (QED) is 0.716. The number of hydrogen-bond acceptors (Lipinski definition) is 2. The number of rotatable bonds is 5. The predicted octanol–water partition coefficient (Wildman–Crippen LogP) is 2.10. The molecule has 0 aromatic carbocycles. The van der Waals surface area contributed by atoms with Gasteiger partial charge in [0.15, 0.2) is 0 Å². The van der Waals surface area contributed by atoms with Gasteiger partial charge in [-0.3, -0.25) is 0 Å². The molecule has 0 aromatic rings. The monoisotopic (exact) mass is 219 g/mol. The van der Waals surface area contributed by atoms with Crippen molar-refractivity contribution in [2.24, 2.45) is 5.92 Å². The molecule has 1 heterocycles. The standard InChI is InChI=1S/C11H22ClNO/c1-10(3-6-12)4-7-13-8-5-11(2,14)9-13/h10,14H,3-9H2,1-2H3. The highest BCUT2D eigenvalue weighted by atomic mass is 35.5. The van der Waals surface area contributed by atoms with Gasteiger partial charge in [0.05, 0.1) is 5.60 Å². The molecule has 0 bridgehead atoms. The van der Waals surface area contributed by atoms with Crippen LogP contribution in [0, 0.1) is 5.92 Å². The van der Waals surface area contributed by atoms with E-state index >= 15 is 0 Å². The third kappa shape index (κ3) is 4.16. The molecule has 2 unspecified atom stereocenters. The van der Waals surface area contributed by atoms with Gasteiger partial charge in [0, 0.05) is 19.0 Å². The van der Waals surface area contributed by atoms with Gasteiger partial charge in [0.25, 0.3) is 0 Å². The molecule has 2 atom stereocenters. The molecule has 0 aliphatic carbocycles. The van der Waals surface area contributed by atoms with Gasteiger partial charge < -0.3 is 10.0 Å². The summed E-state index contributed by atoms with van der Waals surface area (Å²) in [6.45, 7) is 7.15. The van der Waals surface area contributed by atoms with Crippen molar-refractivity contribution in [3.8, 4) is 0 Å². The van der Waals surface area contributed by atoms with E-state index in [0.29, 0.717) is 5.92 Å². The van der Waals surface area contributed by atoms with E-state index in [1.807, 2.05) is 6.92 Å². The molecule has 1 N–H and O–H groups in total. The first-order chi connectivity index (χ1) is 6.53. The first-order valence-corrected chi connectivity index (χ1v) is 6.08. The summed E-state index contributed by atoms with van der Waals surface area (Å²) in [4.78, 5) is 2.35. The topological polar surface area (TPSA) is 23.5 Å². The fourth-order valence-corrected chi connectivity index (χ4v) is 2.34. The van der Waals surface area contributed by atoms with Crippen LogP contribution in [0.5, 0.6) is 0 Å². The molecular weight excluding hydrogens is 198 g/mol. The molecule has 14 heavy (non-hydrogen) atoms. The van der Waals surface area contributed by atoms with Gasteiger partial charge in [-0.1, -0.05) is 6.92 Å². The molecule has 1 aliphatic rings. The average molecular weight is 220 g/mol. The van der Waals surface area contributed by atoms with E-state index < -0.39 is 5.60 Å². The minimum atomic E-state index is -0.449. The third-order valence-corrected chi connectivity index (χ3v) is 3.29. The maximum absolute atomic E-state index is 9.77. The number of likely N-dealkylation sites (tertiary alicyclic amines) is 1. The van der Waals surface area contributed by atoms with Crippen LogP contribution in [-0.4, -0.2) is 41.1 Å². The predicted molar refractivity (Wildman–Crippen MR) is 60.8 cm³/mol. The number of alkyl halides is 1. The normalized spacial score (nSPS) is 30.9. The van der Waals surface area contributed by atoms with Gasteiger partial charge >= 0.3 is 0 Å². The molecule has 0 aromatic heterocycles. The number of β-amino-alcohol motifs (C(OH)–C–C–N with tert-alkyl or cyclic N) is 1. The summed E-state index contributed by atoms with van der Waals surface area (Å²) in [5.74, 6) is 1.47. The third-order valence-electron chi connectivity index (χ3n) is 3.07. The molecule has 3 heteroatoms. The summed E-state index contributed by atoms with van der Waals surface area (Å²) in [6, 6.07) is 0. The van der Waals surface area contributed by atoms with Crippen LogP contribution in [0.15, 0.2) is 0 Å². The Morgan fingerprint density at radius 2 is 2.21 bits per heavy atom. The average Bonchev–Trinajstić information content (AvgIpc) is 2.43. The molecule has 2 nitrogen and oxygen atoms in total. The van der Waals surface area contributed by atoms with E-state index in [1.54, 1.807) is 0 Å². The molecule has 1 aliphatic heterocycles. The lowest BCUT2D eigenvalue weighted by Gasteiger charge is -2.20. The van der Waals surface area contributed by atoms with Crippen LogP contribution >= 0.6 is 11.6 Å². The number of nitrogens with zero attached hydrogens (tertiary/aromatic N) is 1. The lowest BCUT2D eigenvalue weighted by Crippen LogP contribution is -2.30. The van der Waals surface area contributed by atoms with Gasteiger partial charge in [-0.15, -0.1) is 11.6 Å². The van der Waals surface area contributed by atoms with Crippen molar-refractivity contribution in [1.29, 1.82) is 0 Å². The Kier molecular flexibility index (Phi) is 4.68. The van der Waals surface area contributed by atoms with Crippen LogP contribution in [0.2, 0.25) is 0 Å². The van der Waals surface area contributed by atoms with Crippen LogP contribution < -0.4 is 0 Å². The Hall–Kier alpha value is 0.210. The lowest BCUT2D eigenvalue weighted by atomic mass is 10.1. The van der Waals surface area contributed by atoms with Gasteiger partial charge in [-0.25, -0.2) is 0 Å². The van der Waals surface area contributed by atoms with E-state index in [2.05, 4.69) is 11.8 Å². The van der Waals surface area contributed by atoms with Crippen molar-refractivity contribution < 1.29 is 5.11 Å².